The molecule has 1 amide bonds. The maximum absolute atomic E-state index is 11.4. The number of hydrogen-bond donors (Lipinski definition) is 1. The van der Waals surface area contributed by atoms with Crippen molar-refractivity contribution in [2.24, 2.45) is 11.1 Å². The van der Waals surface area contributed by atoms with Gasteiger partial charge in [0.2, 0.25) is 15.9 Å². The fraction of sp³-hybridized carbons (Fsp3) is 0.875. The lowest BCUT2D eigenvalue weighted by atomic mass is 10.1. The van der Waals surface area contributed by atoms with Gasteiger partial charge in [-0.05, 0) is 13.8 Å². The van der Waals surface area contributed by atoms with Crippen LogP contribution in [0.15, 0.2) is 0 Å². The summed E-state index contributed by atoms with van der Waals surface area (Å²) in [5.74, 6) is -0.212. The monoisotopic (exact) mass is 220 g/mol. The molecule has 0 radical (unpaired) electrons. The van der Waals surface area contributed by atoms with E-state index in [9.17, 15) is 13.2 Å². The molecule has 0 bridgehead atoms. The van der Waals surface area contributed by atoms with E-state index in [0.29, 0.717) is 13.0 Å². The summed E-state index contributed by atoms with van der Waals surface area (Å²) in [6.07, 6.45) is 0.300. The maximum atomic E-state index is 11.4. The minimum atomic E-state index is -3.46. The standard InChI is InChI=1S/C8H16N2O3S/c1-6(2)10-4-7(3-8(10)11)5-14(9,12)13/h6-7H,3-5H2,1-2H3,(H2,9,12,13). The summed E-state index contributed by atoms with van der Waals surface area (Å²) in [5.41, 5.74) is 0. The smallest absolute Gasteiger partial charge is 0.223 e. The first-order valence-corrected chi connectivity index (χ1v) is 6.31. The third kappa shape index (κ3) is 2.95. The van der Waals surface area contributed by atoms with Crippen LogP contribution in [-0.4, -0.2) is 37.6 Å². The molecule has 1 heterocycles. The highest BCUT2D eigenvalue weighted by molar-refractivity contribution is 7.89. The molecule has 1 aliphatic rings. The summed E-state index contributed by atoms with van der Waals surface area (Å²) in [7, 11) is -3.46. The molecule has 1 atom stereocenters. The van der Waals surface area contributed by atoms with Crippen molar-refractivity contribution in [3.63, 3.8) is 0 Å². The average molecular weight is 220 g/mol. The number of carbonyl (C=O) groups excluding carboxylic acids is 1. The molecule has 1 saturated heterocycles. The van der Waals surface area contributed by atoms with Crippen LogP contribution in [0.3, 0.4) is 0 Å². The second kappa shape index (κ2) is 3.86. The molecule has 1 aliphatic heterocycles. The van der Waals surface area contributed by atoms with Crippen molar-refractivity contribution in [3.05, 3.63) is 0 Å². The predicted molar refractivity (Wildman–Crippen MR) is 52.9 cm³/mol. The summed E-state index contributed by atoms with van der Waals surface area (Å²) >= 11 is 0. The summed E-state index contributed by atoms with van der Waals surface area (Å²) < 4.78 is 21.6. The summed E-state index contributed by atoms with van der Waals surface area (Å²) in [6, 6.07) is 0.132. The number of primary sulfonamides is 1. The largest absolute Gasteiger partial charge is 0.340 e. The Labute approximate surface area is 84.3 Å². The van der Waals surface area contributed by atoms with Crippen LogP contribution < -0.4 is 5.14 Å². The van der Waals surface area contributed by atoms with E-state index in [4.69, 9.17) is 5.14 Å². The molecule has 2 N–H and O–H groups in total. The van der Waals surface area contributed by atoms with E-state index in [2.05, 4.69) is 0 Å². The van der Waals surface area contributed by atoms with Crippen molar-refractivity contribution in [3.8, 4) is 0 Å². The molecule has 0 aromatic carbocycles. The lowest BCUT2D eigenvalue weighted by Gasteiger charge is -2.20. The van der Waals surface area contributed by atoms with Crippen molar-refractivity contribution in [2.45, 2.75) is 26.3 Å². The van der Waals surface area contributed by atoms with Crippen LogP contribution in [-0.2, 0) is 14.8 Å². The van der Waals surface area contributed by atoms with Gasteiger partial charge >= 0.3 is 0 Å². The van der Waals surface area contributed by atoms with Gasteiger partial charge in [0.1, 0.15) is 0 Å². The maximum Gasteiger partial charge on any atom is 0.223 e. The first kappa shape index (κ1) is 11.5. The van der Waals surface area contributed by atoms with Crippen LogP contribution in [0.4, 0.5) is 0 Å². The Morgan fingerprint density at radius 3 is 2.50 bits per heavy atom. The van der Waals surface area contributed by atoms with Crippen molar-refractivity contribution in [1.82, 2.24) is 4.90 Å². The van der Waals surface area contributed by atoms with E-state index < -0.39 is 10.0 Å². The van der Waals surface area contributed by atoms with Gasteiger partial charge in [-0.15, -0.1) is 0 Å². The second-order valence-corrected chi connectivity index (χ2v) is 5.70. The quantitative estimate of drug-likeness (QED) is 0.698. The highest BCUT2D eigenvalue weighted by Gasteiger charge is 2.32. The Hall–Kier alpha value is -0.620. The number of sulfonamides is 1. The highest BCUT2D eigenvalue weighted by Crippen LogP contribution is 2.20. The molecule has 0 saturated carbocycles. The molecular weight excluding hydrogens is 204 g/mol. The second-order valence-electron chi connectivity index (χ2n) is 4.04. The SMILES string of the molecule is CC(C)N1CC(CS(N)(=O)=O)CC1=O. The van der Waals surface area contributed by atoms with E-state index in [-0.39, 0.29) is 23.6 Å². The molecule has 82 valence electrons. The number of rotatable bonds is 3. The lowest BCUT2D eigenvalue weighted by molar-refractivity contribution is -0.129. The first-order valence-electron chi connectivity index (χ1n) is 4.59. The van der Waals surface area contributed by atoms with E-state index >= 15 is 0 Å². The summed E-state index contributed by atoms with van der Waals surface area (Å²) in [5, 5.41) is 4.92. The Balaban J connectivity index is 2.60. The topological polar surface area (TPSA) is 80.5 Å². The Morgan fingerprint density at radius 2 is 2.14 bits per heavy atom. The van der Waals surface area contributed by atoms with Crippen molar-refractivity contribution in [1.29, 1.82) is 0 Å². The number of nitrogens with two attached hydrogens (primary N) is 1. The van der Waals surface area contributed by atoms with E-state index in [1.807, 2.05) is 13.8 Å². The number of hydrogen-bond acceptors (Lipinski definition) is 3. The van der Waals surface area contributed by atoms with Gasteiger partial charge in [-0.25, -0.2) is 13.6 Å². The van der Waals surface area contributed by atoms with Gasteiger partial charge in [0.25, 0.3) is 0 Å². The summed E-state index contributed by atoms with van der Waals surface area (Å²) in [6.45, 7) is 4.33. The molecule has 0 aromatic rings. The number of carbonyl (C=O) groups is 1. The van der Waals surface area contributed by atoms with E-state index in [1.54, 1.807) is 4.90 Å². The Bertz CT molecular complexity index is 323. The Kier molecular flexibility index (Phi) is 3.16. The molecule has 14 heavy (non-hydrogen) atoms. The fourth-order valence-electron chi connectivity index (χ4n) is 1.75. The van der Waals surface area contributed by atoms with Gasteiger partial charge in [0.05, 0.1) is 5.75 Å². The van der Waals surface area contributed by atoms with Crippen molar-refractivity contribution in [2.75, 3.05) is 12.3 Å². The minimum Gasteiger partial charge on any atom is -0.340 e. The van der Waals surface area contributed by atoms with Gasteiger partial charge in [-0.1, -0.05) is 0 Å². The van der Waals surface area contributed by atoms with E-state index in [0.717, 1.165) is 0 Å². The fourth-order valence-corrected chi connectivity index (χ4v) is 2.63. The van der Waals surface area contributed by atoms with Gasteiger partial charge in [0, 0.05) is 24.9 Å². The highest BCUT2D eigenvalue weighted by atomic mass is 32.2. The number of nitrogens with zero attached hydrogens (tertiary/aromatic N) is 1. The molecular formula is C8H16N2O3S. The van der Waals surface area contributed by atoms with Gasteiger partial charge < -0.3 is 4.90 Å². The third-order valence-corrected chi connectivity index (χ3v) is 3.27. The third-order valence-electron chi connectivity index (χ3n) is 2.33. The van der Waals surface area contributed by atoms with Crippen molar-refractivity contribution < 1.29 is 13.2 Å². The zero-order valence-electron chi connectivity index (χ0n) is 8.43. The Morgan fingerprint density at radius 1 is 1.57 bits per heavy atom. The minimum absolute atomic E-state index is 0.0219. The normalized spacial score (nSPS) is 23.6. The molecule has 0 aromatic heterocycles. The van der Waals surface area contributed by atoms with E-state index in [1.165, 1.54) is 0 Å². The van der Waals surface area contributed by atoms with Crippen LogP contribution >= 0.6 is 0 Å². The lowest BCUT2D eigenvalue weighted by Crippen LogP contribution is -2.33. The molecule has 6 heteroatoms. The van der Waals surface area contributed by atoms with Crippen LogP contribution in [0.1, 0.15) is 20.3 Å². The molecule has 0 aliphatic carbocycles. The average Bonchev–Trinajstić information content (AvgIpc) is 2.26. The van der Waals surface area contributed by atoms with Gasteiger partial charge in [-0.2, -0.15) is 0 Å². The molecule has 1 fully saturated rings. The molecule has 0 spiro atoms. The predicted octanol–water partition coefficient (Wildman–Crippen LogP) is -0.468. The zero-order valence-corrected chi connectivity index (χ0v) is 9.25. The van der Waals surface area contributed by atoms with Crippen molar-refractivity contribution >= 4 is 15.9 Å². The molecule has 5 nitrogen and oxygen atoms in total. The van der Waals surface area contributed by atoms with Crippen LogP contribution in [0, 0.1) is 5.92 Å². The molecule has 1 rings (SSSR count). The first-order chi connectivity index (χ1) is 6.29. The van der Waals surface area contributed by atoms with Gasteiger partial charge in [-0.3, -0.25) is 4.79 Å². The summed E-state index contributed by atoms with van der Waals surface area (Å²) in [4.78, 5) is 13.1. The van der Waals surface area contributed by atoms with Crippen LogP contribution in [0.25, 0.3) is 0 Å². The van der Waals surface area contributed by atoms with Crippen LogP contribution in [0.5, 0.6) is 0 Å². The van der Waals surface area contributed by atoms with Crippen LogP contribution in [0.2, 0.25) is 0 Å². The zero-order chi connectivity index (χ0) is 10.9. The molecule has 1 unspecified atom stereocenters. The van der Waals surface area contributed by atoms with Gasteiger partial charge in [0.15, 0.2) is 0 Å². The number of likely N-dealkylation sites (tertiary alicyclic amines) is 1. The number of amides is 1.